The van der Waals surface area contributed by atoms with Gasteiger partial charge in [-0.25, -0.2) is 0 Å². The Kier molecular flexibility index (Phi) is 7.63. The summed E-state index contributed by atoms with van der Waals surface area (Å²) in [4.78, 5) is 22.6. The molecular weight excluding hydrogens is 284 g/mol. The van der Waals surface area contributed by atoms with Gasteiger partial charge in [0, 0.05) is 18.9 Å². The highest BCUT2D eigenvalue weighted by atomic mass is 16.5. The molecule has 6 nitrogen and oxygen atoms in total. The van der Waals surface area contributed by atoms with Crippen molar-refractivity contribution in [1.82, 2.24) is 10.5 Å². The number of aryl methyl sites for hydroxylation is 1. The molecule has 0 bridgehead atoms. The summed E-state index contributed by atoms with van der Waals surface area (Å²) < 4.78 is 5.21. The van der Waals surface area contributed by atoms with E-state index in [1.54, 1.807) is 6.92 Å². The molecule has 0 unspecified atom stereocenters. The highest BCUT2D eigenvalue weighted by Gasteiger charge is 2.21. The molecule has 0 aromatic carbocycles. The van der Waals surface area contributed by atoms with Gasteiger partial charge in [-0.3, -0.25) is 9.59 Å². The number of hydrogen-bond acceptors (Lipinski definition) is 4. The van der Waals surface area contributed by atoms with E-state index in [2.05, 4.69) is 10.5 Å². The number of carboxylic acids is 1. The Morgan fingerprint density at radius 2 is 1.82 bits per heavy atom. The number of carbonyl (C=O) groups excluding carboxylic acids is 1. The second kappa shape index (κ2) is 9.23. The number of rotatable bonds is 10. The molecule has 1 amide bonds. The van der Waals surface area contributed by atoms with E-state index in [1.807, 2.05) is 13.8 Å². The lowest BCUT2D eigenvalue weighted by atomic mass is 10.0. The molecule has 2 N–H and O–H groups in total. The number of nitrogens with zero attached hydrogens (tertiary/aromatic N) is 1. The monoisotopic (exact) mass is 310 g/mol. The molecule has 0 aliphatic carbocycles. The minimum Gasteiger partial charge on any atom is -0.481 e. The normalized spacial score (nSPS) is 10.9. The summed E-state index contributed by atoms with van der Waals surface area (Å²) in [5.41, 5.74) is 1.17. The van der Waals surface area contributed by atoms with E-state index in [9.17, 15) is 9.59 Å². The van der Waals surface area contributed by atoms with Crippen LogP contribution in [0.25, 0.3) is 0 Å². The zero-order valence-corrected chi connectivity index (χ0v) is 13.6. The van der Waals surface area contributed by atoms with Crippen molar-refractivity contribution < 1.29 is 19.2 Å². The number of nitrogens with one attached hydrogen (secondary N) is 1. The van der Waals surface area contributed by atoms with Crippen LogP contribution in [0.1, 0.15) is 80.1 Å². The molecule has 0 aliphatic heterocycles. The van der Waals surface area contributed by atoms with Crippen LogP contribution in [-0.2, 0) is 4.79 Å². The van der Waals surface area contributed by atoms with Gasteiger partial charge >= 0.3 is 5.97 Å². The second-order valence-electron chi connectivity index (χ2n) is 5.83. The van der Waals surface area contributed by atoms with Crippen LogP contribution >= 0.6 is 0 Å². The Morgan fingerprint density at radius 3 is 2.45 bits per heavy atom. The van der Waals surface area contributed by atoms with Crippen molar-refractivity contribution in [2.24, 2.45) is 0 Å². The van der Waals surface area contributed by atoms with E-state index in [1.165, 1.54) is 0 Å². The molecule has 0 aliphatic rings. The molecule has 1 rings (SSSR count). The molecule has 1 aromatic rings. The Balaban J connectivity index is 2.24. The van der Waals surface area contributed by atoms with Gasteiger partial charge < -0.3 is 14.9 Å². The van der Waals surface area contributed by atoms with Crippen LogP contribution in [0.5, 0.6) is 0 Å². The number of aliphatic carboxylic acids is 1. The zero-order valence-electron chi connectivity index (χ0n) is 13.6. The fourth-order valence-corrected chi connectivity index (χ4v) is 2.28. The molecule has 0 spiro atoms. The van der Waals surface area contributed by atoms with Crippen LogP contribution in [0.2, 0.25) is 0 Å². The van der Waals surface area contributed by atoms with E-state index in [-0.39, 0.29) is 18.2 Å². The third-order valence-electron chi connectivity index (χ3n) is 3.49. The Morgan fingerprint density at radius 1 is 1.18 bits per heavy atom. The van der Waals surface area contributed by atoms with Crippen molar-refractivity contribution in [3.8, 4) is 0 Å². The number of amides is 1. The molecule has 0 saturated heterocycles. The topological polar surface area (TPSA) is 92.4 Å². The maximum absolute atomic E-state index is 12.2. The third kappa shape index (κ3) is 5.87. The number of carbonyl (C=O) groups is 2. The van der Waals surface area contributed by atoms with Gasteiger partial charge in [0.15, 0.2) is 5.76 Å². The van der Waals surface area contributed by atoms with Gasteiger partial charge in [-0.15, -0.1) is 0 Å². The van der Waals surface area contributed by atoms with Gasteiger partial charge in [-0.1, -0.05) is 38.3 Å². The zero-order chi connectivity index (χ0) is 16.5. The van der Waals surface area contributed by atoms with Crippen LogP contribution in [0.4, 0.5) is 0 Å². The van der Waals surface area contributed by atoms with Crippen molar-refractivity contribution >= 4 is 11.9 Å². The van der Waals surface area contributed by atoms with Crippen molar-refractivity contribution in [3.63, 3.8) is 0 Å². The summed E-state index contributed by atoms with van der Waals surface area (Å²) in [6.07, 6.45) is 4.75. The highest BCUT2D eigenvalue weighted by Crippen LogP contribution is 2.21. The first-order valence-corrected chi connectivity index (χ1v) is 7.89. The summed E-state index contributed by atoms with van der Waals surface area (Å²) >= 11 is 0. The maximum Gasteiger partial charge on any atom is 0.303 e. The van der Waals surface area contributed by atoms with Crippen molar-refractivity contribution in [2.45, 2.75) is 65.2 Å². The average Bonchev–Trinajstić information content (AvgIpc) is 2.83. The van der Waals surface area contributed by atoms with E-state index in [0.717, 1.165) is 32.1 Å². The number of carboxylic acid groups (broad SMARTS) is 1. The van der Waals surface area contributed by atoms with Gasteiger partial charge in [0.25, 0.3) is 5.91 Å². The van der Waals surface area contributed by atoms with Gasteiger partial charge in [0.05, 0.1) is 5.69 Å². The Labute approximate surface area is 131 Å². The van der Waals surface area contributed by atoms with E-state index in [4.69, 9.17) is 9.63 Å². The van der Waals surface area contributed by atoms with Gasteiger partial charge in [-0.2, -0.15) is 0 Å². The molecule has 0 saturated carbocycles. The first kappa shape index (κ1) is 18.2. The van der Waals surface area contributed by atoms with Crippen LogP contribution in [-0.4, -0.2) is 28.7 Å². The predicted molar refractivity (Wildman–Crippen MR) is 83.0 cm³/mol. The van der Waals surface area contributed by atoms with Crippen molar-refractivity contribution in [1.29, 1.82) is 0 Å². The summed E-state index contributed by atoms with van der Waals surface area (Å²) in [7, 11) is 0. The largest absolute Gasteiger partial charge is 0.481 e. The summed E-state index contributed by atoms with van der Waals surface area (Å²) in [6.45, 7) is 6.31. The lowest BCUT2D eigenvalue weighted by molar-refractivity contribution is -0.137. The molecule has 1 heterocycles. The first-order valence-electron chi connectivity index (χ1n) is 7.89. The minimum absolute atomic E-state index is 0.121. The van der Waals surface area contributed by atoms with Crippen LogP contribution in [0.15, 0.2) is 4.52 Å². The number of hydrogen-bond donors (Lipinski definition) is 2. The fraction of sp³-hybridized carbons (Fsp3) is 0.688. The molecule has 22 heavy (non-hydrogen) atoms. The van der Waals surface area contributed by atoms with Crippen molar-refractivity contribution in [2.75, 3.05) is 6.54 Å². The summed E-state index contributed by atoms with van der Waals surface area (Å²) in [5.74, 6) is -0.120. The quantitative estimate of drug-likeness (QED) is 0.647. The van der Waals surface area contributed by atoms with Crippen LogP contribution in [0.3, 0.4) is 0 Å². The first-order chi connectivity index (χ1) is 10.4. The molecule has 0 fully saturated rings. The lowest BCUT2D eigenvalue weighted by Gasteiger charge is -2.07. The van der Waals surface area contributed by atoms with Crippen molar-refractivity contribution in [3.05, 3.63) is 17.0 Å². The minimum atomic E-state index is -0.739. The lowest BCUT2D eigenvalue weighted by Crippen LogP contribution is -2.25. The molecule has 124 valence electrons. The van der Waals surface area contributed by atoms with Crippen LogP contribution < -0.4 is 5.32 Å². The van der Waals surface area contributed by atoms with Crippen LogP contribution in [0, 0.1) is 6.92 Å². The average molecular weight is 310 g/mol. The number of aromatic nitrogens is 1. The second-order valence-corrected chi connectivity index (χ2v) is 5.83. The predicted octanol–water partition coefficient (Wildman–Crippen LogP) is 3.26. The summed E-state index contributed by atoms with van der Waals surface area (Å²) in [5, 5.41) is 15.3. The van der Waals surface area contributed by atoms with E-state index >= 15 is 0 Å². The third-order valence-corrected chi connectivity index (χ3v) is 3.49. The van der Waals surface area contributed by atoms with E-state index in [0.29, 0.717) is 23.6 Å². The molecular formula is C16H26N2O4. The van der Waals surface area contributed by atoms with Gasteiger partial charge in [-0.05, 0) is 19.8 Å². The smallest absolute Gasteiger partial charge is 0.303 e. The SMILES string of the molecule is Cc1noc(C(C)C)c1C(=O)NCCCCCCCC(=O)O. The maximum atomic E-state index is 12.2. The number of unbranched alkanes of at least 4 members (excludes halogenated alkanes) is 4. The molecule has 0 radical (unpaired) electrons. The standard InChI is InChI=1S/C16H26N2O4/c1-11(2)15-14(12(3)18-22-15)16(21)17-10-8-6-4-5-7-9-13(19)20/h11H,4-10H2,1-3H3,(H,17,21)(H,19,20). The highest BCUT2D eigenvalue weighted by molar-refractivity contribution is 5.96. The van der Waals surface area contributed by atoms with Gasteiger partial charge in [0.2, 0.25) is 0 Å². The van der Waals surface area contributed by atoms with E-state index < -0.39 is 5.97 Å². The fourth-order valence-electron chi connectivity index (χ4n) is 2.28. The molecule has 1 aromatic heterocycles. The molecule has 0 atom stereocenters. The Hall–Kier alpha value is -1.85. The Bertz CT molecular complexity index is 494. The molecule has 6 heteroatoms. The summed E-state index contributed by atoms with van der Waals surface area (Å²) in [6, 6.07) is 0. The van der Waals surface area contributed by atoms with Gasteiger partial charge in [0.1, 0.15) is 5.56 Å².